The first kappa shape index (κ1) is 19.4. The molecule has 2 heterocycles. The summed E-state index contributed by atoms with van der Waals surface area (Å²) in [5.41, 5.74) is 9.04. The lowest BCUT2D eigenvalue weighted by molar-refractivity contribution is 0.894. The molecule has 6 heteroatoms. The average molecular weight is 442 g/mol. The molecule has 0 saturated carbocycles. The molecule has 1 aliphatic rings. The molecule has 0 fully saturated rings. The number of benzene rings is 3. The first-order valence-corrected chi connectivity index (χ1v) is 10.9. The van der Waals surface area contributed by atoms with Crippen LogP contribution in [0.2, 0.25) is 5.02 Å². The van der Waals surface area contributed by atoms with Crippen LogP contribution in [0.3, 0.4) is 0 Å². The second kappa shape index (κ2) is 7.59. The third kappa shape index (κ3) is 3.09. The van der Waals surface area contributed by atoms with E-state index in [0.717, 1.165) is 16.0 Å². The molecule has 4 nitrogen and oxygen atoms in total. The predicted molar refractivity (Wildman–Crippen MR) is 127 cm³/mol. The lowest BCUT2D eigenvalue weighted by atomic mass is 9.83. The van der Waals surface area contributed by atoms with Gasteiger partial charge in [-0.2, -0.15) is 5.26 Å². The van der Waals surface area contributed by atoms with Crippen molar-refractivity contribution in [2.75, 3.05) is 4.90 Å². The molecule has 1 atom stereocenters. The Hall–Kier alpha value is -3.59. The molecular weight excluding hydrogens is 426 g/mol. The summed E-state index contributed by atoms with van der Waals surface area (Å²) in [5, 5.41) is 11.9. The van der Waals surface area contributed by atoms with E-state index in [0.29, 0.717) is 32.4 Å². The van der Waals surface area contributed by atoms with Crippen molar-refractivity contribution in [3.05, 3.63) is 117 Å². The maximum absolute atomic E-state index is 13.8. The number of para-hydroxylation sites is 1. The largest absolute Gasteiger partial charge is 0.384 e. The SMILES string of the molecule is N#CC1=C(N)N(c2ccccc2)c2sc3cc(Cl)ccc3c(=O)c2C1c1ccccc1. The molecule has 3 aromatic carbocycles. The minimum Gasteiger partial charge on any atom is -0.384 e. The quantitative estimate of drug-likeness (QED) is 0.421. The van der Waals surface area contributed by atoms with Gasteiger partial charge in [-0.3, -0.25) is 9.69 Å². The molecule has 1 aliphatic heterocycles. The lowest BCUT2D eigenvalue weighted by Gasteiger charge is -2.35. The maximum Gasteiger partial charge on any atom is 0.194 e. The van der Waals surface area contributed by atoms with Crippen molar-refractivity contribution in [1.29, 1.82) is 5.26 Å². The Morgan fingerprint density at radius 2 is 1.68 bits per heavy atom. The lowest BCUT2D eigenvalue weighted by Crippen LogP contribution is -2.34. The Bertz CT molecular complexity index is 1440. The summed E-state index contributed by atoms with van der Waals surface area (Å²) in [6.45, 7) is 0. The molecule has 0 radical (unpaired) electrons. The molecule has 0 aliphatic carbocycles. The summed E-state index contributed by atoms with van der Waals surface area (Å²) in [6.07, 6.45) is 0. The van der Waals surface area contributed by atoms with Crippen molar-refractivity contribution in [2.45, 2.75) is 5.92 Å². The molecule has 150 valence electrons. The van der Waals surface area contributed by atoms with Gasteiger partial charge in [0.15, 0.2) is 5.43 Å². The number of allylic oxidation sites excluding steroid dienone is 1. The topological polar surface area (TPSA) is 70.1 Å². The van der Waals surface area contributed by atoms with Gasteiger partial charge in [0.25, 0.3) is 0 Å². The fraction of sp³-hybridized carbons (Fsp3) is 0.0400. The van der Waals surface area contributed by atoms with E-state index < -0.39 is 5.92 Å². The van der Waals surface area contributed by atoms with Gasteiger partial charge in [0, 0.05) is 26.4 Å². The Morgan fingerprint density at radius 1 is 1.00 bits per heavy atom. The highest BCUT2D eigenvalue weighted by atomic mass is 35.5. The molecule has 5 rings (SSSR count). The Kier molecular flexibility index (Phi) is 4.74. The van der Waals surface area contributed by atoms with Crippen LogP contribution in [-0.2, 0) is 0 Å². The second-order valence-corrected chi connectivity index (χ2v) is 8.68. The van der Waals surface area contributed by atoms with Crippen LogP contribution in [0.5, 0.6) is 0 Å². The number of halogens is 1. The predicted octanol–water partition coefficient (Wildman–Crippen LogP) is 5.89. The van der Waals surface area contributed by atoms with E-state index in [2.05, 4.69) is 6.07 Å². The number of nitrogens with zero attached hydrogens (tertiary/aromatic N) is 2. The van der Waals surface area contributed by atoms with Crippen LogP contribution in [0.15, 0.2) is 95.1 Å². The maximum atomic E-state index is 13.8. The van der Waals surface area contributed by atoms with Crippen LogP contribution in [0, 0.1) is 11.3 Å². The molecule has 0 spiro atoms. The molecule has 0 bridgehead atoms. The van der Waals surface area contributed by atoms with Crippen LogP contribution >= 0.6 is 22.9 Å². The van der Waals surface area contributed by atoms with Crippen molar-refractivity contribution in [3.63, 3.8) is 0 Å². The summed E-state index contributed by atoms with van der Waals surface area (Å²) in [7, 11) is 0. The van der Waals surface area contributed by atoms with E-state index >= 15 is 0 Å². The number of fused-ring (bicyclic) bond motifs is 2. The number of nitriles is 1. The van der Waals surface area contributed by atoms with E-state index in [1.165, 1.54) is 11.3 Å². The zero-order valence-corrected chi connectivity index (χ0v) is 17.8. The first-order valence-electron chi connectivity index (χ1n) is 9.66. The summed E-state index contributed by atoms with van der Waals surface area (Å²) in [4.78, 5) is 15.6. The van der Waals surface area contributed by atoms with Crippen molar-refractivity contribution in [1.82, 2.24) is 0 Å². The van der Waals surface area contributed by atoms with E-state index in [1.807, 2.05) is 60.7 Å². The average Bonchev–Trinajstić information content (AvgIpc) is 2.79. The van der Waals surface area contributed by atoms with E-state index in [1.54, 1.807) is 23.1 Å². The molecule has 2 N–H and O–H groups in total. The van der Waals surface area contributed by atoms with Crippen LogP contribution in [0.1, 0.15) is 17.0 Å². The van der Waals surface area contributed by atoms with Gasteiger partial charge in [-0.05, 0) is 35.9 Å². The fourth-order valence-electron chi connectivity index (χ4n) is 4.05. The van der Waals surface area contributed by atoms with Crippen LogP contribution in [0.25, 0.3) is 10.1 Å². The molecular formula is C25H16ClN3OS. The number of hydrogen-bond donors (Lipinski definition) is 1. The van der Waals surface area contributed by atoms with Crippen molar-refractivity contribution in [2.24, 2.45) is 5.73 Å². The zero-order chi connectivity index (χ0) is 21.5. The highest BCUT2D eigenvalue weighted by Crippen LogP contribution is 2.48. The minimum atomic E-state index is -0.537. The molecule has 1 aromatic heterocycles. The van der Waals surface area contributed by atoms with Gasteiger partial charge in [-0.15, -0.1) is 11.3 Å². The Morgan fingerprint density at radius 3 is 2.35 bits per heavy atom. The Balaban J connectivity index is 1.92. The molecule has 0 saturated heterocycles. The molecule has 0 amide bonds. The van der Waals surface area contributed by atoms with Crippen LogP contribution in [-0.4, -0.2) is 0 Å². The van der Waals surface area contributed by atoms with Crippen LogP contribution in [0.4, 0.5) is 10.7 Å². The molecule has 31 heavy (non-hydrogen) atoms. The summed E-state index contributed by atoms with van der Waals surface area (Å²) in [6, 6.07) is 26.6. The second-order valence-electron chi connectivity index (χ2n) is 7.22. The summed E-state index contributed by atoms with van der Waals surface area (Å²) >= 11 is 7.67. The van der Waals surface area contributed by atoms with Gasteiger partial charge >= 0.3 is 0 Å². The van der Waals surface area contributed by atoms with E-state index in [4.69, 9.17) is 17.3 Å². The first-order chi connectivity index (χ1) is 15.1. The minimum absolute atomic E-state index is 0.115. The van der Waals surface area contributed by atoms with E-state index in [-0.39, 0.29) is 5.43 Å². The molecule has 4 aromatic rings. The third-order valence-electron chi connectivity index (χ3n) is 5.43. The van der Waals surface area contributed by atoms with Gasteiger partial charge in [0.2, 0.25) is 0 Å². The number of anilines is 2. The van der Waals surface area contributed by atoms with Crippen molar-refractivity contribution >= 4 is 43.7 Å². The van der Waals surface area contributed by atoms with Gasteiger partial charge in [0.05, 0.1) is 17.6 Å². The summed E-state index contributed by atoms with van der Waals surface area (Å²) in [5.74, 6) is -0.211. The van der Waals surface area contributed by atoms with Crippen molar-refractivity contribution < 1.29 is 0 Å². The van der Waals surface area contributed by atoms with Gasteiger partial charge in [0.1, 0.15) is 10.8 Å². The fourth-order valence-corrected chi connectivity index (χ4v) is 5.56. The van der Waals surface area contributed by atoms with Crippen LogP contribution < -0.4 is 16.1 Å². The normalized spacial score (nSPS) is 15.6. The number of rotatable bonds is 2. The standard InChI is InChI=1S/C25H16ClN3OS/c26-16-11-12-18-20(13-16)31-25-22(23(18)30)21(15-7-3-1-4-8-15)19(14-27)24(28)29(25)17-9-5-2-6-10-17/h1-13,21H,28H2. The summed E-state index contributed by atoms with van der Waals surface area (Å²) < 4.78 is 0.775. The van der Waals surface area contributed by atoms with Gasteiger partial charge in [-0.1, -0.05) is 60.1 Å². The van der Waals surface area contributed by atoms with E-state index in [9.17, 15) is 10.1 Å². The van der Waals surface area contributed by atoms with Crippen molar-refractivity contribution in [3.8, 4) is 6.07 Å². The Labute approximate surface area is 188 Å². The third-order valence-corrected chi connectivity index (χ3v) is 6.82. The number of nitrogens with two attached hydrogens (primary N) is 1. The molecule has 1 unspecified atom stereocenters. The number of hydrogen-bond acceptors (Lipinski definition) is 5. The van der Waals surface area contributed by atoms with Gasteiger partial charge < -0.3 is 5.73 Å². The monoisotopic (exact) mass is 441 g/mol. The van der Waals surface area contributed by atoms with Gasteiger partial charge in [-0.25, -0.2) is 0 Å². The zero-order valence-electron chi connectivity index (χ0n) is 16.2. The smallest absolute Gasteiger partial charge is 0.194 e. The highest BCUT2D eigenvalue weighted by molar-refractivity contribution is 7.22. The highest BCUT2D eigenvalue weighted by Gasteiger charge is 2.37.